The smallest absolute Gasteiger partial charge is 0.138 e. The van der Waals surface area contributed by atoms with Crippen LogP contribution in [-0.4, -0.2) is 4.98 Å². The minimum atomic E-state index is -0.0422. The number of aromatic nitrogens is 1. The van der Waals surface area contributed by atoms with Crippen LogP contribution in [0, 0.1) is 0 Å². The standard InChI is InChI=1S/C17H20N2O/c1-12(18)16-10-9-14(11-19-16)20-17-8-4-6-13-5-2-3-7-15(13)17/h2-3,5,7,9-12,17H,4,6,8,18H2,1H3/t12-,17?/m1/s1. The molecule has 1 aromatic carbocycles. The number of ether oxygens (including phenoxy) is 1. The molecule has 3 nitrogen and oxygen atoms in total. The van der Waals surface area contributed by atoms with Crippen LogP contribution in [0.2, 0.25) is 0 Å². The molecule has 1 heterocycles. The molecule has 0 saturated heterocycles. The Hall–Kier alpha value is -1.87. The monoisotopic (exact) mass is 268 g/mol. The lowest BCUT2D eigenvalue weighted by Crippen LogP contribution is -2.15. The van der Waals surface area contributed by atoms with Crippen LogP contribution in [0.3, 0.4) is 0 Å². The average Bonchev–Trinajstić information content (AvgIpc) is 2.48. The average molecular weight is 268 g/mol. The molecule has 3 rings (SSSR count). The molecule has 104 valence electrons. The van der Waals surface area contributed by atoms with Crippen molar-refractivity contribution in [3.63, 3.8) is 0 Å². The Morgan fingerprint density at radius 1 is 1.25 bits per heavy atom. The first-order chi connectivity index (χ1) is 9.74. The molecular formula is C17H20N2O. The number of benzene rings is 1. The van der Waals surface area contributed by atoms with E-state index in [9.17, 15) is 0 Å². The third kappa shape index (κ3) is 2.68. The molecule has 2 atom stereocenters. The topological polar surface area (TPSA) is 48.1 Å². The zero-order valence-corrected chi connectivity index (χ0v) is 11.8. The van der Waals surface area contributed by atoms with Crippen LogP contribution in [0.4, 0.5) is 0 Å². The molecular weight excluding hydrogens is 248 g/mol. The summed E-state index contributed by atoms with van der Waals surface area (Å²) in [6, 6.07) is 12.4. The van der Waals surface area contributed by atoms with Gasteiger partial charge < -0.3 is 10.5 Å². The van der Waals surface area contributed by atoms with Gasteiger partial charge in [-0.15, -0.1) is 0 Å². The highest BCUT2D eigenvalue weighted by Crippen LogP contribution is 2.33. The van der Waals surface area contributed by atoms with E-state index in [4.69, 9.17) is 10.5 Å². The molecule has 0 aliphatic heterocycles. The number of rotatable bonds is 3. The van der Waals surface area contributed by atoms with Gasteiger partial charge in [0.05, 0.1) is 11.9 Å². The molecule has 0 radical (unpaired) electrons. The number of nitrogens with two attached hydrogens (primary N) is 1. The Kier molecular flexibility index (Phi) is 3.70. The highest BCUT2D eigenvalue weighted by molar-refractivity contribution is 5.32. The van der Waals surface area contributed by atoms with Crippen LogP contribution in [-0.2, 0) is 6.42 Å². The van der Waals surface area contributed by atoms with Crippen LogP contribution in [0.1, 0.15) is 48.7 Å². The van der Waals surface area contributed by atoms with Crippen molar-refractivity contribution in [3.8, 4) is 5.75 Å². The fourth-order valence-corrected chi connectivity index (χ4v) is 2.73. The van der Waals surface area contributed by atoms with Gasteiger partial charge in [-0.1, -0.05) is 24.3 Å². The second-order valence-corrected chi connectivity index (χ2v) is 5.40. The third-order valence-electron chi connectivity index (χ3n) is 3.82. The van der Waals surface area contributed by atoms with Crippen molar-refractivity contribution in [1.29, 1.82) is 0 Å². The van der Waals surface area contributed by atoms with Gasteiger partial charge in [-0.3, -0.25) is 4.98 Å². The van der Waals surface area contributed by atoms with Crippen molar-refractivity contribution in [2.45, 2.75) is 38.3 Å². The number of hydrogen-bond donors (Lipinski definition) is 1. The van der Waals surface area contributed by atoms with E-state index in [1.807, 2.05) is 19.1 Å². The Morgan fingerprint density at radius 3 is 2.85 bits per heavy atom. The van der Waals surface area contributed by atoms with Crippen LogP contribution < -0.4 is 10.5 Å². The maximum atomic E-state index is 6.11. The molecule has 1 unspecified atom stereocenters. The summed E-state index contributed by atoms with van der Waals surface area (Å²) in [5.74, 6) is 0.816. The van der Waals surface area contributed by atoms with Crippen molar-refractivity contribution < 1.29 is 4.74 Å². The molecule has 1 aromatic heterocycles. The van der Waals surface area contributed by atoms with Crippen molar-refractivity contribution in [1.82, 2.24) is 4.98 Å². The number of nitrogens with zero attached hydrogens (tertiary/aromatic N) is 1. The van der Waals surface area contributed by atoms with E-state index in [-0.39, 0.29) is 12.1 Å². The molecule has 3 heteroatoms. The number of aryl methyl sites for hydroxylation is 1. The Morgan fingerprint density at radius 2 is 2.10 bits per heavy atom. The Labute approximate surface area is 119 Å². The SMILES string of the molecule is C[C@@H](N)c1ccc(OC2CCCc3ccccc32)cn1. The van der Waals surface area contributed by atoms with Crippen molar-refractivity contribution in [3.05, 3.63) is 59.4 Å². The van der Waals surface area contributed by atoms with Gasteiger partial charge in [-0.05, 0) is 49.4 Å². The highest BCUT2D eigenvalue weighted by Gasteiger charge is 2.21. The van der Waals surface area contributed by atoms with Gasteiger partial charge in [-0.25, -0.2) is 0 Å². The van der Waals surface area contributed by atoms with E-state index in [0.29, 0.717) is 0 Å². The molecule has 1 aliphatic carbocycles. The van der Waals surface area contributed by atoms with Gasteiger partial charge >= 0.3 is 0 Å². The zero-order valence-electron chi connectivity index (χ0n) is 11.8. The lowest BCUT2D eigenvalue weighted by atomic mass is 9.89. The minimum Gasteiger partial charge on any atom is -0.484 e. The second-order valence-electron chi connectivity index (χ2n) is 5.40. The van der Waals surface area contributed by atoms with Crippen LogP contribution >= 0.6 is 0 Å². The van der Waals surface area contributed by atoms with Gasteiger partial charge in [-0.2, -0.15) is 0 Å². The quantitative estimate of drug-likeness (QED) is 0.926. The van der Waals surface area contributed by atoms with Crippen molar-refractivity contribution in [2.24, 2.45) is 5.73 Å². The van der Waals surface area contributed by atoms with Crippen molar-refractivity contribution in [2.75, 3.05) is 0 Å². The second kappa shape index (κ2) is 5.63. The normalized spacial score (nSPS) is 19.2. The summed E-state index contributed by atoms with van der Waals surface area (Å²) in [4.78, 5) is 4.35. The Bertz CT molecular complexity index is 578. The van der Waals surface area contributed by atoms with E-state index in [1.165, 1.54) is 17.5 Å². The highest BCUT2D eigenvalue weighted by atomic mass is 16.5. The summed E-state index contributed by atoms with van der Waals surface area (Å²) in [5.41, 5.74) is 9.42. The Balaban J connectivity index is 1.78. The summed E-state index contributed by atoms with van der Waals surface area (Å²) in [6.45, 7) is 1.93. The van der Waals surface area contributed by atoms with Crippen molar-refractivity contribution >= 4 is 0 Å². The van der Waals surface area contributed by atoms with E-state index in [1.54, 1.807) is 6.20 Å². The van der Waals surface area contributed by atoms with Gasteiger partial charge in [0.1, 0.15) is 11.9 Å². The number of hydrogen-bond acceptors (Lipinski definition) is 3. The van der Waals surface area contributed by atoms with E-state index in [0.717, 1.165) is 24.3 Å². The molecule has 0 fully saturated rings. The first kappa shape index (κ1) is 13.1. The maximum Gasteiger partial charge on any atom is 0.138 e. The molecule has 0 amide bonds. The largest absolute Gasteiger partial charge is 0.484 e. The molecule has 1 aliphatic rings. The fourth-order valence-electron chi connectivity index (χ4n) is 2.73. The van der Waals surface area contributed by atoms with E-state index >= 15 is 0 Å². The maximum absolute atomic E-state index is 6.11. The lowest BCUT2D eigenvalue weighted by Gasteiger charge is -2.26. The molecule has 20 heavy (non-hydrogen) atoms. The van der Waals surface area contributed by atoms with Gasteiger partial charge in [0.25, 0.3) is 0 Å². The van der Waals surface area contributed by atoms with Crippen LogP contribution in [0.25, 0.3) is 0 Å². The molecule has 0 spiro atoms. The number of pyridine rings is 1. The molecule has 2 N–H and O–H groups in total. The van der Waals surface area contributed by atoms with E-state index < -0.39 is 0 Å². The summed E-state index contributed by atoms with van der Waals surface area (Å²) in [5, 5.41) is 0. The minimum absolute atomic E-state index is 0.0422. The fraction of sp³-hybridized carbons (Fsp3) is 0.353. The predicted octanol–water partition coefficient (Wildman–Crippen LogP) is 3.56. The van der Waals surface area contributed by atoms with Gasteiger partial charge in [0.15, 0.2) is 0 Å². The van der Waals surface area contributed by atoms with Gasteiger partial charge in [0.2, 0.25) is 0 Å². The van der Waals surface area contributed by atoms with Gasteiger partial charge in [0, 0.05) is 6.04 Å². The van der Waals surface area contributed by atoms with E-state index in [2.05, 4.69) is 29.2 Å². The lowest BCUT2D eigenvalue weighted by molar-refractivity contribution is 0.182. The molecule has 0 saturated carbocycles. The molecule has 2 aromatic rings. The first-order valence-electron chi connectivity index (χ1n) is 7.20. The molecule has 0 bridgehead atoms. The van der Waals surface area contributed by atoms with Crippen LogP contribution in [0.15, 0.2) is 42.6 Å². The summed E-state index contributed by atoms with van der Waals surface area (Å²) in [6.07, 6.45) is 5.30. The summed E-state index contributed by atoms with van der Waals surface area (Å²) >= 11 is 0. The summed E-state index contributed by atoms with van der Waals surface area (Å²) < 4.78 is 6.11. The summed E-state index contributed by atoms with van der Waals surface area (Å²) in [7, 11) is 0. The first-order valence-corrected chi connectivity index (χ1v) is 7.20. The van der Waals surface area contributed by atoms with Crippen LogP contribution in [0.5, 0.6) is 5.75 Å². The zero-order chi connectivity index (χ0) is 13.9. The predicted molar refractivity (Wildman–Crippen MR) is 79.6 cm³/mol. The third-order valence-corrected chi connectivity index (χ3v) is 3.82. The number of fused-ring (bicyclic) bond motifs is 1.